The van der Waals surface area contributed by atoms with Crippen LogP contribution < -0.4 is 14.5 Å². The van der Waals surface area contributed by atoms with E-state index in [2.05, 4.69) is 4.90 Å². The van der Waals surface area contributed by atoms with Crippen molar-refractivity contribution in [2.75, 3.05) is 38.2 Å². The SMILES string of the molecule is COc1ccccc1N1CCN(S(=O)(=O)c2ccc3c(c2)sc(=O)n3Cc2ccccc2)CC1. The number of thiazole rings is 1. The van der Waals surface area contributed by atoms with Crippen LogP contribution in [-0.2, 0) is 16.6 Å². The van der Waals surface area contributed by atoms with Gasteiger partial charge in [-0.15, -0.1) is 0 Å². The highest BCUT2D eigenvalue weighted by Gasteiger charge is 2.30. The Balaban J connectivity index is 1.37. The van der Waals surface area contributed by atoms with E-state index in [1.54, 1.807) is 29.9 Å². The standard InChI is InChI=1S/C25H25N3O4S2/c1-32-23-10-6-5-9-21(23)26-13-15-27(16-14-26)34(30,31)20-11-12-22-24(17-20)33-25(29)28(22)18-19-7-3-2-4-8-19/h2-12,17H,13-16,18H2,1H3. The van der Waals surface area contributed by atoms with Crippen molar-refractivity contribution in [2.45, 2.75) is 11.4 Å². The maximum Gasteiger partial charge on any atom is 0.308 e. The fourth-order valence-corrected chi connectivity index (χ4v) is 6.79. The Hall–Kier alpha value is -3.14. The molecule has 4 aromatic rings. The average molecular weight is 496 g/mol. The van der Waals surface area contributed by atoms with E-state index in [4.69, 9.17) is 4.74 Å². The molecule has 0 N–H and O–H groups in total. The van der Waals surface area contributed by atoms with E-state index >= 15 is 0 Å². The predicted octanol–water partition coefficient (Wildman–Crippen LogP) is 3.63. The molecule has 0 unspecified atom stereocenters. The molecule has 0 atom stereocenters. The van der Waals surface area contributed by atoms with Crippen LogP contribution in [0.4, 0.5) is 5.69 Å². The number of fused-ring (bicyclic) bond motifs is 1. The normalized spacial score (nSPS) is 15.0. The van der Waals surface area contributed by atoms with Crippen molar-refractivity contribution in [3.63, 3.8) is 0 Å². The average Bonchev–Trinajstić information content (AvgIpc) is 3.18. The minimum atomic E-state index is -3.67. The number of hydrogen-bond acceptors (Lipinski definition) is 6. The molecule has 0 bridgehead atoms. The van der Waals surface area contributed by atoms with Gasteiger partial charge in [0.25, 0.3) is 0 Å². The van der Waals surface area contributed by atoms with Crippen LogP contribution in [0, 0.1) is 0 Å². The molecule has 5 rings (SSSR count). The number of ether oxygens (including phenoxy) is 1. The molecule has 1 aliphatic heterocycles. The Labute approximate surface area is 202 Å². The summed E-state index contributed by atoms with van der Waals surface area (Å²) in [6.07, 6.45) is 0. The Morgan fingerprint density at radius 3 is 2.35 bits per heavy atom. The lowest BCUT2D eigenvalue weighted by Crippen LogP contribution is -2.48. The number of benzene rings is 3. The third-order valence-corrected chi connectivity index (χ3v) is 8.96. The van der Waals surface area contributed by atoms with E-state index in [0.29, 0.717) is 37.4 Å². The van der Waals surface area contributed by atoms with Gasteiger partial charge in [-0.05, 0) is 35.9 Å². The molecule has 0 amide bonds. The van der Waals surface area contributed by atoms with Crippen LogP contribution in [0.5, 0.6) is 5.75 Å². The van der Waals surface area contributed by atoms with E-state index in [1.807, 2.05) is 54.6 Å². The van der Waals surface area contributed by atoms with Gasteiger partial charge in [0.15, 0.2) is 0 Å². The van der Waals surface area contributed by atoms with Crippen molar-refractivity contribution < 1.29 is 13.2 Å². The van der Waals surface area contributed by atoms with Gasteiger partial charge in [-0.2, -0.15) is 4.31 Å². The summed E-state index contributed by atoms with van der Waals surface area (Å²) in [6, 6.07) is 22.5. The van der Waals surface area contributed by atoms with Crippen LogP contribution in [-0.4, -0.2) is 50.6 Å². The van der Waals surface area contributed by atoms with Gasteiger partial charge < -0.3 is 9.64 Å². The monoisotopic (exact) mass is 495 g/mol. The molecular formula is C25H25N3O4S2. The topological polar surface area (TPSA) is 71.8 Å². The summed E-state index contributed by atoms with van der Waals surface area (Å²) in [6.45, 7) is 2.36. The Bertz CT molecular complexity index is 1470. The molecule has 1 saturated heterocycles. The Kier molecular flexibility index (Phi) is 6.16. The second kappa shape index (κ2) is 9.25. The van der Waals surface area contributed by atoms with Crippen LogP contribution >= 0.6 is 11.3 Å². The van der Waals surface area contributed by atoms with Crippen LogP contribution in [0.25, 0.3) is 10.2 Å². The van der Waals surface area contributed by atoms with Gasteiger partial charge in [0.2, 0.25) is 10.0 Å². The molecule has 0 radical (unpaired) electrons. The molecule has 1 fully saturated rings. The molecule has 1 aliphatic rings. The maximum absolute atomic E-state index is 13.4. The summed E-state index contributed by atoms with van der Waals surface area (Å²) in [4.78, 5) is 14.9. The van der Waals surface area contributed by atoms with Crippen molar-refractivity contribution in [3.8, 4) is 5.75 Å². The van der Waals surface area contributed by atoms with Gasteiger partial charge in [0.1, 0.15) is 5.75 Å². The first-order chi connectivity index (χ1) is 16.5. The quantitative estimate of drug-likeness (QED) is 0.409. The molecular weight excluding hydrogens is 470 g/mol. The largest absolute Gasteiger partial charge is 0.495 e. The minimum Gasteiger partial charge on any atom is -0.495 e. The zero-order valence-corrected chi connectivity index (χ0v) is 20.4. The lowest BCUT2D eigenvalue weighted by atomic mass is 10.2. The smallest absolute Gasteiger partial charge is 0.308 e. The lowest BCUT2D eigenvalue weighted by Gasteiger charge is -2.35. The zero-order chi connectivity index (χ0) is 23.7. The number of piperazine rings is 1. The highest BCUT2D eigenvalue weighted by atomic mass is 32.2. The number of aromatic nitrogens is 1. The number of nitrogens with zero attached hydrogens (tertiary/aromatic N) is 3. The molecule has 0 saturated carbocycles. The van der Waals surface area contributed by atoms with Gasteiger partial charge in [0, 0.05) is 26.2 Å². The van der Waals surface area contributed by atoms with Gasteiger partial charge in [-0.25, -0.2) is 8.42 Å². The second-order valence-corrected chi connectivity index (χ2v) is 11.1. The summed E-state index contributed by atoms with van der Waals surface area (Å²) in [7, 11) is -2.03. The van der Waals surface area contributed by atoms with Crippen molar-refractivity contribution >= 4 is 37.3 Å². The van der Waals surface area contributed by atoms with Gasteiger partial charge >= 0.3 is 4.87 Å². The minimum absolute atomic E-state index is 0.0983. The first kappa shape index (κ1) is 22.6. The number of anilines is 1. The van der Waals surface area contributed by atoms with Crippen LogP contribution in [0.3, 0.4) is 0 Å². The van der Waals surface area contributed by atoms with Crippen LogP contribution in [0.15, 0.2) is 82.5 Å². The van der Waals surface area contributed by atoms with Crippen LogP contribution in [0.2, 0.25) is 0 Å². The van der Waals surface area contributed by atoms with E-state index in [0.717, 1.165) is 33.9 Å². The number of para-hydroxylation sites is 2. The van der Waals surface area contributed by atoms with E-state index in [1.165, 1.54) is 4.31 Å². The highest BCUT2D eigenvalue weighted by molar-refractivity contribution is 7.89. The highest BCUT2D eigenvalue weighted by Crippen LogP contribution is 2.30. The molecule has 7 nitrogen and oxygen atoms in total. The van der Waals surface area contributed by atoms with E-state index < -0.39 is 10.0 Å². The fourth-order valence-electron chi connectivity index (χ4n) is 4.33. The van der Waals surface area contributed by atoms with Gasteiger partial charge in [-0.1, -0.05) is 53.8 Å². The second-order valence-electron chi connectivity index (χ2n) is 8.13. The number of hydrogen-bond donors (Lipinski definition) is 0. The zero-order valence-electron chi connectivity index (χ0n) is 18.8. The molecule has 2 heterocycles. The molecule has 3 aromatic carbocycles. The van der Waals surface area contributed by atoms with Crippen molar-refractivity contribution in [1.29, 1.82) is 0 Å². The van der Waals surface area contributed by atoms with Gasteiger partial charge in [-0.3, -0.25) is 9.36 Å². The summed E-state index contributed by atoms with van der Waals surface area (Å²) >= 11 is 1.08. The summed E-state index contributed by atoms with van der Waals surface area (Å²) in [5, 5.41) is 0. The predicted molar refractivity (Wildman–Crippen MR) is 136 cm³/mol. The third-order valence-electron chi connectivity index (χ3n) is 6.13. The Morgan fingerprint density at radius 2 is 1.62 bits per heavy atom. The summed E-state index contributed by atoms with van der Waals surface area (Å²) in [5.41, 5.74) is 2.74. The molecule has 1 aromatic heterocycles. The van der Waals surface area contributed by atoms with Gasteiger partial charge in [0.05, 0.1) is 34.5 Å². The fraction of sp³-hybridized carbons (Fsp3) is 0.240. The summed E-state index contributed by atoms with van der Waals surface area (Å²) < 4.78 is 36.1. The number of rotatable bonds is 6. The third kappa shape index (κ3) is 4.22. The number of sulfonamides is 1. The summed E-state index contributed by atoms with van der Waals surface area (Å²) in [5.74, 6) is 0.777. The number of methoxy groups -OCH3 is 1. The van der Waals surface area contributed by atoms with Crippen molar-refractivity contribution in [1.82, 2.24) is 8.87 Å². The molecule has 0 aliphatic carbocycles. The first-order valence-electron chi connectivity index (χ1n) is 11.0. The Morgan fingerprint density at radius 1 is 0.912 bits per heavy atom. The van der Waals surface area contributed by atoms with E-state index in [-0.39, 0.29) is 9.77 Å². The molecule has 9 heteroatoms. The molecule has 34 heavy (non-hydrogen) atoms. The molecule has 0 spiro atoms. The van der Waals surface area contributed by atoms with E-state index in [9.17, 15) is 13.2 Å². The van der Waals surface area contributed by atoms with Crippen molar-refractivity contribution in [2.24, 2.45) is 0 Å². The first-order valence-corrected chi connectivity index (χ1v) is 13.3. The van der Waals surface area contributed by atoms with Crippen molar-refractivity contribution in [3.05, 3.63) is 88.0 Å². The van der Waals surface area contributed by atoms with Crippen LogP contribution in [0.1, 0.15) is 5.56 Å². The molecule has 176 valence electrons. The lowest BCUT2D eigenvalue weighted by molar-refractivity contribution is 0.378. The maximum atomic E-state index is 13.4.